The third-order valence-electron chi connectivity index (χ3n) is 8.07. The number of hydrogen-bond donors (Lipinski definition) is 1. The fourth-order valence-electron chi connectivity index (χ4n) is 6.21. The number of hydrogen-bond acceptors (Lipinski definition) is 4. The molecule has 1 fully saturated rings. The van der Waals surface area contributed by atoms with E-state index < -0.39 is 18.2 Å². The normalized spacial score (nSPS) is 17.9. The number of rotatable bonds is 3. The highest BCUT2D eigenvalue weighted by Gasteiger charge is 2.36. The van der Waals surface area contributed by atoms with E-state index in [-0.39, 0.29) is 29.3 Å². The Morgan fingerprint density at radius 2 is 1.75 bits per heavy atom. The molecule has 9 nitrogen and oxygen atoms in total. The van der Waals surface area contributed by atoms with Gasteiger partial charge < -0.3 is 14.4 Å². The van der Waals surface area contributed by atoms with Crippen molar-refractivity contribution in [2.75, 3.05) is 19.6 Å². The van der Waals surface area contributed by atoms with Crippen molar-refractivity contribution in [3.05, 3.63) is 71.3 Å². The molecule has 0 atom stereocenters. The van der Waals surface area contributed by atoms with Gasteiger partial charge in [0.2, 0.25) is 0 Å². The monoisotopic (exact) mass is 544 g/mol. The third kappa shape index (κ3) is 3.79. The summed E-state index contributed by atoms with van der Waals surface area (Å²) in [6.45, 7) is 2.38. The van der Waals surface area contributed by atoms with Crippen molar-refractivity contribution in [1.82, 2.24) is 29.1 Å². The summed E-state index contributed by atoms with van der Waals surface area (Å²) in [5.41, 5.74) is 2.78. The number of nitrogens with zero attached hydrogens (tertiary/aromatic N) is 5. The molecule has 1 aromatic carbocycles. The Hall–Kier alpha value is -4.54. The fourth-order valence-corrected chi connectivity index (χ4v) is 6.21. The van der Waals surface area contributed by atoms with Gasteiger partial charge in [-0.1, -0.05) is 6.07 Å². The van der Waals surface area contributed by atoms with Gasteiger partial charge in [-0.2, -0.15) is 0 Å². The summed E-state index contributed by atoms with van der Waals surface area (Å²) in [5, 5.41) is 2.84. The van der Waals surface area contributed by atoms with Crippen molar-refractivity contribution in [3.63, 3.8) is 0 Å². The molecular formula is C29H26F2N6O3. The number of likely N-dealkylation sites (tertiary alicyclic amines) is 1. The Bertz CT molecular complexity index is 1750. The molecule has 1 saturated heterocycles. The van der Waals surface area contributed by atoms with Crippen LogP contribution >= 0.6 is 0 Å². The maximum Gasteiger partial charge on any atom is 0.320 e. The number of benzene rings is 1. The average molecular weight is 545 g/mol. The lowest BCUT2D eigenvalue weighted by Crippen LogP contribution is -2.45. The minimum atomic E-state index is -2.75. The number of carbonyl (C=O) groups excluding carboxylic acids is 3. The SMILES string of the molecule is O=C1NC(=O)C(c2cnc3ccccn23)=C1c1cn2c3c(cc(C(F)F)cc13)CN(C(=O)N1CCCCC1)CC2. The fraction of sp³-hybridized carbons (Fsp3) is 0.310. The number of halogens is 2. The molecule has 40 heavy (non-hydrogen) atoms. The smallest absolute Gasteiger partial charge is 0.320 e. The van der Waals surface area contributed by atoms with Gasteiger partial charge in [-0.15, -0.1) is 0 Å². The number of piperidine rings is 1. The number of fused-ring (bicyclic) bond motifs is 1. The zero-order chi connectivity index (χ0) is 27.5. The van der Waals surface area contributed by atoms with Gasteiger partial charge in [-0.05, 0) is 49.1 Å². The second-order valence-electron chi connectivity index (χ2n) is 10.5. The summed E-state index contributed by atoms with van der Waals surface area (Å²) in [6, 6.07) is 8.17. The van der Waals surface area contributed by atoms with E-state index in [9.17, 15) is 23.2 Å². The van der Waals surface area contributed by atoms with Gasteiger partial charge in [0.25, 0.3) is 18.2 Å². The maximum absolute atomic E-state index is 14.2. The number of alkyl halides is 2. The minimum absolute atomic E-state index is 0.0837. The minimum Gasteiger partial charge on any atom is -0.345 e. The first-order valence-corrected chi connectivity index (χ1v) is 13.4. The van der Waals surface area contributed by atoms with Crippen molar-refractivity contribution in [2.45, 2.75) is 38.8 Å². The first-order valence-electron chi connectivity index (χ1n) is 13.4. The van der Waals surface area contributed by atoms with E-state index in [1.165, 1.54) is 18.3 Å². The van der Waals surface area contributed by atoms with Gasteiger partial charge in [0.15, 0.2) is 0 Å². The number of nitrogens with one attached hydrogen (secondary N) is 1. The van der Waals surface area contributed by atoms with Crippen molar-refractivity contribution in [3.8, 4) is 0 Å². The second kappa shape index (κ2) is 9.29. The quantitative estimate of drug-likeness (QED) is 0.391. The molecule has 3 aliphatic heterocycles. The Morgan fingerprint density at radius 3 is 2.55 bits per heavy atom. The molecule has 3 aliphatic rings. The number of urea groups is 1. The lowest BCUT2D eigenvalue weighted by Gasteiger charge is -2.32. The molecule has 7 rings (SSSR count). The number of imidazole rings is 1. The largest absolute Gasteiger partial charge is 0.345 e. The number of amides is 4. The van der Waals surface area contributed by atoms with E-state index in [1.54, 1.807) is 33.8 Å². The molecule has 204 valence electrons. The molecule has 1 N–H and O–H groups in total. The highest BCUT2D eigenvalue weighted by atomic mass is 19.3. The average Bonchev–Trinajstić information content (AvgIpc) is 3.58. The van der Waals surface area contributed by atoms with Crippen LogP contribution in [0.1, 0.15) is 48.1 Å². The van der Waals surface area contributed by atoms with Gasteiger partial charge in [0.1, 0.15) is 5.65 Å². The Labute approximate surface area is 227 Å². The van der Waals surface area contributed by atoms with Crippen LogP contribution in [0.2, 0.25) is 0 Å². The van der Waals surface area contributed by atoms with Crippen LogP contribution in [0.25, 0.3) is 27.7 Å². The van der Waals surface area contributed by atoms with E-state index in [0.29, 0.717) is 59.5 Å². The van der Waals surface area contributed by atoms with Gasteiger partial charge in [0, 0.05) is 61.6 Å². The zero-order valence-corrected chi connectivity index (χ0v) is 21.6. The van der Waals surface area contributed by atoms with Crippen LogP contribution in [0, 0.1) is 0 Å². The summed E-state index contributed by atoms with van der Waals surface area (Å²) in [4.78, 5) is 47.6. The van der Waals surface area contributed by atoms with Crippen LogP contribution in [0.4, 0.5) is 13.6 Å². The van der Waals surface area contributed by atoms with Crippen molar-refractivity contribution < 1.29 is 23.2 Å². The van der Waals surface area contributed by atoms with E-state index in [2.05, 4.69) is 10.3 Å². The molecule has 0 aliphatic carbocycles. The van der Waals surface area contributed by atoms with Crippen molar-refractivity contribution in [1.29, 1.82) is 0 Å². The molecule has 0 bridgehead atoms. The summed E-state index contributed by atoms with van der Waals surface area (Å²) < 4.78 is 31.9. The van der Waals surface area contributed by atoms with Gasteiger partial charge in [0.05, 0.1) is 28.6 Å². The van der Waals surface area contributed by atoms with E-state index in [1.807, 2.05) is 15.5 Å². The van der Waals surface area contributed by atoms with Crippen LogP contribution in [0.5, 0.6) is 0 Å². The lowest BCUT2D eigenvalue weighted by atomic mass is 9.96. The maximum atomic E-state index is 14.2. The van der Waals surface area contributed by atoms with Crippen LogP contribution in [-0.2, 0) is 22.7 Å². The molecule has 0 radical (unpaired) electrons. The first kappa shape index (κ1) is 24.5. The Balaban J connectivity index is 1.40. The van der Waals surface area contributed by atoms with Gasteiger partial charge in [-0.25, -0.2) is 18.6 Å². The predicted molar refractivity (Wildman–Crippen MR) is 143 cm³/mol. The third-order valence-corrected chi connectivity index (χ3v) is 8.07. The summed E-state index contributed by atoms with van der Waals surface area (Å²) >= 11 is 0. The molecule has 0 spiro atoms. The number of pyridine rings is 1. The Kier molecular flexibility index (Phi) is 5.69. The van der Waals surface area contributed by atoms with Crippen LogP contribution in [0.3, 0.4) is 0 Å². The van der Waals surface area contributed by atoms with E-state index in [4.69, 9.17) is 0 Å². The topological polar surface area (TPSA) is 92.0 Å². The zero-order valence-electron chi connectivity index (χ0n) is 21.6. The molecule has 4 amide bonds. The molecule has 0 saturated carbocycles. The van der Waals surface area contributed by atoms with Crippen LogP contribution in [0.15, 0.2) is 48.9 Å². The van der Waals surface area contributed by atoms with Crippen LogP contribution in [-0.4, -0.2) is 61.2 Å². The van der Waals surface area contributed by atoms with Crippen LogP contribution < -0.4 is 5.32 Å². The molecule has 0 unspecified atom stereocenters. The first-order chi connectivity index (χ1) is 19.4. The molecular weight excluding hydrogens is 518 g/mol. The molecule has 3 aromatic heterocycles. The number of carbonyl (C=O) groups is 3. The van der Waals surface area contributed by atoms with E-state index >= 15 is 0 Å². The number of imide groups is 1. The van der Waals surface area contributed by atoms with Gasteiger partial charge >= 0.3 is 6.03 Å². The standard InChI is InChI=1S/C29H26F2N6O3/c30-26(31)17-12-18-15-36(29(40)34-7-3-1-4-8-34)11-10-35-16-20(19(13-17)25(18)35)23-24(28(39)33-27(23)38)21-14-32-22-6-2-5-9-37(21)22/h2,5-6,9,12-14,16,26H,1,3-4,7-8,10-11,15H2,(H,33,38,39). The molecule has 6 heterocycles. The van der Waals surface area contributed by atoms with Crippen molar-refractivity contribution in [2.24, 2.45) is 0 Å². The highest BCUT2D eigenvalue weighted by molar-refractivity contribution is 6.49. The highest BCUT2D eigenvalue weighted by Crippen LogP contribution is 2.40. The van der Waals surface area contributed by atoms with E-state index in [0.717, 1.165) is 19.3 Å². The molecule has 4 aromatic rings. The number of aromatic nitrogens is 3. The van der Waals surface area contributed by atoms with Gasteiger partial charge in [-0.3, -0.25) is 19.3 Å². The Morgan fingerprint density at radius 1 is 0.950 bits per heavy atom. The molecule has 11 heteroatoms. The lowest BCUT2D eigenvalue weighted by molar-refractivity contribution is -0.122. The summed E-state index contributed by atoms with van der Waals surface area (Å²) in [7, 11) is 0. The second-order valence-corrected chi connectivity index (χ2v) is 10.5. The summed E-state index contributed by atoms with van der Waals surface area (Å²) in [6.07, 6.45) is 5.29. The van der Waals surface area contributed by atoms with Crippen molar-refractivity contribution >= 4 is 45.5 Å². The predicted octanol–water partition coefficient (Wildman–Crippen LogP) is 4.22. The summed E-state index contributed by atoms with van der Waals surface area (Å²) in [5.74, 6) is -1.16.